The Morgan fingerprint density at radius 2 is 1.93 bits per heavy atom. The molecule has 2 heterocycles. The Kier molecular flexibility index (Phi) is 7.22. The molecular weight excluding hydrogens is 395 g/mol. The van der Waals surface area contributed by atoms with Gasteiger partial charge in [-0.2, -0.15) is 0 Å². The monoisotopic (exact) mass is 420 g/mol. The summed E-state index contributed by atoms with van der Waals surface area (Å²) in [6.07, 6.45) is 3.90. The van der Waals surface area contributed by atoms with Crippen molar-refractivity contribution in [2.75, 3.05) is 13.1 Å². The number of likely N-dealkylation sites (tertiary alicyclic amines) is 1. The molecule has 2 atom stereocenters. The second-order valence-corrected chi connectivity index (χ2v) is 7.88. The minimum Gasteiger partial charge on any atom is -0.489 e. The average Bonchev–Trinajstić information content (AvgIpc) is 3.00. The van der Waals surface area contributed by atoms with E-state index in [1.807, 2.05) is 53.4 Å². The molecule has 6 heteroatoms. The highest BCUT2D eigenvalue weighted by Crippen LogP contribution is 2.22. The molecule has 2 aliphatic heterocycles. The molecule has 0 saturated carbocycles. The summed E-state index contributed by atoms with van der Waals surface area (Å²) in [4.78, 5) is 14.8. The maximum absolute atomic E-state index is 12.8. The number of fused-ring (bicyclic) bond motifs is 2. The van der Waals surface area contributed by atoms with Gasteiger partial charge >= 0.3 is 0 Å². The van der Waals surface area contributed by atoms with Gasteiger partial charge in [0.15, 0.2) is 0 Å². The maximum atomic E-state index is 12.8. The molecule has 2 saturated heterocycles. The van der Waals surface area contributed by atoms with Crippen molar-refractivity contribution in [2.45, 2.75) is 44.4 Å². The Morgan fingerprint density at radius 3 is 2.79 bits per heavy atom. The lowest BCUT2D eigenvalue weighted by molar-refractivity contribution is -0.130. The second-order valence-electron chi connectivity index (χ2n) is 7.47. The van der Waals surface area contributed by atoms with Crippen LogP contribution in [0.1, 0.15) is 30.4 Å². The van der Waals surface area contributed by atoms with Gasteiger partial charge in [-0.15, -0.1) is 12.4 Å². The number of amides is 1. The summed E-state index contributed by atoms with van der Waals surface area (Å²) >= 11 is 6.18. The van der Waals surface area contributed by atoms with E-state index in [0.29, 0.717) is 30.1 Å². The first-order valence-electron chi connectivity index (χ1n) is 9.66. The van der Waals surface area contributed by atoms with Crippen molar-refractivity contribution >= 4 is 29.9 Å². The highest BCUT2D eigenvalue weighted by Gasteiger charge is 2.30. The minimum atomic E-state index is 0. The second kappa shape index (κ2) is 9.64. The highest BCUT2D eigenvalue weighted by atomic mass is 35.5. The lowest BCUT2D eigenvalue weighted by atomic mass is 10.1. The van der Waals surface area contributed by atoms with Gasteiger partial charge < -0.3 is 15.0 Å². The fourth-order valence-corrected chi connectivity index (χ4v) is 4.17. The predicted octanol–water partition coefficient (Wildman–Crippen LogP) is 4.24. The van der Waals surface area contributed by atoms with Gasteiger partial charge in [0, 0.05) is 35.8 Å². The molecule has 0 spiro atoms. The van der Waals surface area contributed by atoms with Gasteiger partial charge in [0.05, 0.1) is 6.42 Å². The molecular formula is C22H26Cl2N2O2. The summed E-state index contributed by atoms with van der Waals surface area (Å²) in [5, 5.41) is 4.32. The molecule has 0 aromatic heterocycles. The van der Waals surface area contributed by atoms with Crippen LogP contribution in [0.15, 0.2) is 48.5 Å². The minimum absolute atomic E-state index is 0. The first-order valence-corrected chi connectivity index (χ1v) is 10.0. The van der Waals surface area contributed by atoms with Crippen molar-refractivity contribution < 1.29 is 9.53 Å². The van der Waals surface area contributed by atoms with E-state index in [1.54, 1.807) is 0 Å². The molecule has 1 amide bonds. The molecule has 28 heavy (non-hydrogen) atoms. The Morgan fingerprint density at radius 1 is 1.11 bits per heavy atom. The quantitative estimate of drug-likeness (QED) is 0.786. The first kappa shape index (κ1) is 21.0. The van der Waals surface area contributed by atoms with Crippen LogP contribution in [0, 0.1) is 0 Å². The van der Waals surface area contributed by atoms with E-state index in [0.717, 1.165) is 36.4 Å². The van der Waals surface area contributed by atoms with Crippen molar-refractivity contribution in [1.29, 1.82) is 0 Å². The lowest BCUT2D eigenvalue weighted by Crippen LogP contribution is -2.39. The standard InChI is InChI=1S/C22H25ClN2O2.ClH/c23-21-7-2-1-5-17(21)15-27-20-6-3-4-16(12-20)13-22(26)25-11-10-18-8-9-19(14-25)24-18;/h1-7,12,18-19,24H,8-11,13-15H2;1H. The number of ether oxygens (including phenoxy) is 1. The summed E-state index contributed by atoms with van der Waals surface area (Å²) in [5.41, 5.74) is 1.94. The predicted molar refractivity (Wildman–Crippen MR) is 114 cm³/mol. The Balaban J connectivity index is 0.00000225. The number of carbonyl (C=O) groups excluding carboxylic acids is 1. The summed E-state index contributed by atoms with van der Waals surface area (Å²) in [5.74, 6) is 0.962. The number of halogens is 2. The topological polar surface area (TPSA) is 41.6 Å². The van der Waals surface area contributed by atoms with Gasteiger partial charge in [-0.05, 0) is 43.0 Å². The van der Waals surface area contributed by atoms with Gasteiger partial charge in [-0.1, -0.05) is 41.9 Å². The van der Waals surface area contributed by atoms with Gasteiger partial charge in [0.1, 0.15) is 12.4 Å². The van der Waals surface area contributed by atoms with Crippen LogP contribution >= 0.6 is 24.0 Å². The van der Waals surface area contributed by atoms with Gasteiger partial charge in [-0.3, -0.25) is 4.79 Å². The normalized spacial score (nSPS) is 21.0. The largest absolute Gasteiger partial charge is 0.489 e. The smallest absolute Gasteiger partial charge is 0.227 e. The van der Waals surface area contributed by atoms with E-state index in [-0.39, 0.29) is 18.3 Å². The van der Waals surface area contributed by atoms with Crippen LogP contribution in [-0.4, -0.2) is 36.0 Å². The zero-order valence-electron chi connectivity index (χ0n) is 15.8. The first-order chi connectivity index (χ1) is 13.2. The van der Waals surface area contributed by atoms with E-state index in [2.05, 4.69) is 5.32 Å². The fourth-order valence-electron chi connectivity index (χ4n) is 3.98. The van der Waals surface area contributed by atoms with Crippen LogP contribution in [0.4, 0.5) is 0 Å². The Labute approximate surface area is 177 Å². The number of rotatable bonds is 5. The number of hydrogen-bond donors (Lipinski definition) is 1. The molecule has 4 nitrogen and oxygen atoms in total. The van der Waals surface area contributed by atoms with Crippen molar-refractivity contribution in [3.8, 4) is 5.75 Å². The number of benzene rings is 2. The van der Waals surface area contributed by atoms with E-state index < -0.39 is 0 Å². The third-order valence-electron chi connectivity index (χ3n) is 5.48. The summed E-state index contributed by atoms with van der Waals surface area (Å²) in [7, 11) is 0. The third-order valence-corrected chi connectivity index (χ3v) is 5.85. The molecule has 2 fully saturated rings. The number of carbonyl (C=O) groups is 1. The fraction of sp³-hybridized carbons (Fsp3) is 0.409. The molecule has 2 aromatic rings. The van der Waals surface area contributed by atoms with Gasteiger partial charge in [0.2, 0.25) is 5.91 Å². The summed E-state index contributed by atoms with van der Waals surface area (Å²) < 4.78 is 5.88. The van der Waals surface area contributed by atoms with Crippen LogP contribution < -0.4 is 10.1 Å². The Bertz CT molecular complexity index is 815. The van der Waals surface area contributed by atoms with Crippen molar-refractivity contribution in [1.82, 2.24) is 10.2 Å². The SMILES string of the molecule is Cl.O=C(Cc1cccc(OCc2ccccc2Cl)c1)N1CCC2CCC(C1)N2. The van der Waals surface area contributed by atoms with Crippen LogP contribution in [0.25, 0.3) is 0 Å². The molecule has 0 aliphatic carbocycles. The lowest BCUT2D eigenvalue weighted by Gasteiger charge is -2.24. The van der Waals surface area contributed by atoms with Gasteiger partial charge in [0.25, 0.3) is 0 Å². The van der Waals surface area contributed by atoms with Crippen molar-refractivity contribution in [3.05, 3.63) is 64.7 Å². The van der Waals surface area contributed by atoms with Crippen molar-refractivity contribution in [2.24, 2.45) is 0 Å². The van der Waals surface area contributed by atoms with Crippen LogP contribution in [0.2, 0.25) is 5.02 Å². The van der Waals surface area contributed by atoms with Crippen LogP contribution in [0.3, 0.4) is 0 Å². The maximum Gasteiger partial charge on any atom is 0.227 e. The molecule has 150 valence electrons. The molecule has 2 bridgehead atoms. The van der Waals surface area contributed by atoms with E-state index in [9.17, 15) is 4.79 Å². The van der Waals surface area contributed by atoms with E-state index in [1.165, 1.54) is 12.8 Å². The average molecular weight is 421 g/mol. The number of nitrogens with zero attached hydrogens (tertiary/aromatic N) is 1. The number of hydrogen-bond acceptors (Lipinski definition) is 3. The summed E-state index contributed by atoms with van der Waals surface area (Å²) in [6.45, 7) is 2.10. The molecule has 2 aromatic carbocycles. The molecule has 0 radical (unpaired) electrons. The molecule has 2 unspecified atom stereocenters. The molecule has 4 rings (SSSR count). The summed E-state index contributed by atoms with van der Waals surface area (Å²) in [6, 6.07) is 16.5. The van der Waals surface area contributed by atoms with Crippen molar-refractivity contribution in [3.63, 3.8) is 0 Å². The Hall–Kier alpha value is -1.75. The molecule has 1 N–H and O–H groups in total. The van der Waals surface area contributed by atoms with Gasteiger partial charge in [-0.25, -0.2) is 0 Å². The van der Waals surface area contributed by atoms with E-state index >= 15 is 0 Å². The highest BCUT2D eigenvalue weighted by molar-refractivity contribution is 6.31. The molecule has 2 aliphatic rings. The third kappa shape index (κ3) is 5.19. The van der Waals surface area contributed by atoms with Crippen LogP contribution in [-0.2, 0) is 17.8 Å². The zero-order chi connectivity index (χ0) is 18.6. The zero-order valence-corrected chi connectivity index (χ0v) is 17.3. The van der Waals surface area contributed by atoms with E-state index in [4.69, 9.17) is 16.3 Å². The number of nitrogens with one attached hydrogen (secondary N) is 1. The van der Waals surface area contributed by atoms with Crippen LogP contribution in [0.5, 0.6) is 5.75 Å².